The molecule has 5 fully saturated rings. The second-order valence-electron chi connectivity index (χ2n) is 13.9. The zero-order valence-electron chi connectivity index (χ0n) is 22.3. The molecule has 2 saturated heterocycles. The van der Waals surface area contributed by atoms with Crippen LogP contribution in [0.25, 0.3) is 0 Å². The van der Waals surface area contributed by atoms with Crippen molar-refractivity contribution in [1.29, 1.82) is 0 Å². The Kier molecular flexibility index (Phi) is 4.46. The fourth-order valence-electron chi connectivity index (χ4n) is 11.0. The summed E-state index contributed by atoms with van der Waals surface area (Å²) in [5.74, 6) is -0.460. The van der Waals surface area contributed by atoms with E-state index in [1.54, 1.807) is 0 Å². The molecule has 5 aliphatic carbocycles. The van der Waals surface area contributed by atoms with Crippen molar-refractivity contribution in [3.8, 4) is 0 Å². The molecule has 6 heteroatoms. The van der Waals surface area contributed by atoms with Gasteiger partial charge in [0.2, 0.25) is 0 Å². The molecule has 7 rings (SSSR count). The molecule has 0 aromatic heterocycles. The third-order valence-corrected chi connectivity index (χ3v) is 12.4. The molecule has 7 aliphatic rings. The van der Waals surface area contributed by atoms with Crippen LogP contribution in [0.1, 0.15) is 67.2 Å². The summed E-state index contributed by atoms with van der Waals surface area (Å²) < 4.78 is 12.4. The third-order valence-electron chi connectivity index (χ3n) is 12.4. The summed E-state index contributed by atoms with van der Waals surface area (Å²) in [5.41, 5.74) is 1.23. The molecule has 0 unspecified atom stereocenters. The first-order valence-corrected chi connectivity index (χ1v) is 14.1. The number of rotatable bonds is 0. The van der Waals surface area contributed by atoms with Gasteiger partial charge in [-0.1, -0.05) is 31.1 Å². The first-order chi connectivity index (χ1) is 16.8. The van der Waals surface area contributed by atoms with Crippen molar-refractivity contribution in [2.24, 2.45) is 58.7 Å². The monoisotopic (exact) mass is 496 g/mol. The summed E-state index contributed by atoms with van der Waals surface area (Å²) in [6.07, 6.45) is 4.59. The van der Waals surface area contributed by atoms with E-state index in [0.29, 0.717) is 12.8 Å². The van der Waals surface area contributed by atoms with Crippen molar-refractivity contribution >= 4 is 11.9 Å². The van der Waals surface area contributed by atoms with Crippen molar-refractivity contribution < 1.29 is 29.3 Å². The van der Waals surface area contributed by atoms with Crippen LogP contribution < -0.4 is 0 Å². The van der Waals surface area contributed by atoms with Crippen LogP contribution >= 0.6 is 0 Å². The van der Waals surface area contributed by atoms with Crippen LogP contribution in [-0.4, -0.2) is 45.6 Å². The van der Waals surface area contributed by atoms with E-state index in [0.717, 1.165) is 18.4 Å². The Morgan fingerprint density at radius 1 is 0.889 bits per heavy atom. The fourth-order valence-corrected chi connectivity index (χ4v) is 11.0. The van der Waals surface area contributed by atoms with E-state index in [4.69, 9.17) is 9.47 Å². The summed E-state index contributed by atoms with van der Waals surface area (Å²) in [6, 6.07) is 0. The highest BCUT2D eigenvalue weighted by atomic mass is 16.6. The van der Waals surface area contributed by atoms with Gasteiger partial charge < -0.3 is 19.7 Å². The molecule has 0 amide bonds. The van der Waals surface area contributed by atoms with E-state index in [9.17, 15) is 19.8 Å². The Morgan fingerprint density at radius 2 is 1.50 bits per heavy atom. The van der Waals surface area contributed by atoms with Crippen LogP contribution in [-0.2, 0) is 19.1 Å². The number of ether oxygens (including phenoxy) is 2. The predicted octanol–water partition coefficient (Wildman–Crippen LogP) is 3.80. The molecular weight excluding hydrogens is 456 g/mol. The SMILES string of the molecule is CC1=C[C@@H]2[C@H]3[C@H](C(C)=C4[C@H]5OC(=O)[C@@H](C)[C@@H]5CC[C@](C)(O)[C@@H]43)[C@@]13[C@@H]2[C@@](C)(O)CC[C@H]1[C@H](C)C(=O)O[C@@H]13. The minimum absolute atomic E-state index is 0.0486. The number of hydrogen-bond acceptors (Lipinski definition) is 6. The van der Waals surface area contributed by atoms with Crippen LogP contribution in [0.15, 0.2) is 22.8 Å². The van der Waals surface area contributed by atoms with Crippen molar-refractivity contribution in [3.05, 3.63) is 22.8 Å². The zero-order valence-corrected chi connectivity index (χ0v) is 22.3. The molecule has 3 saturated carbocycles. The second-order valence-corrected chi connectivity index (χ2v) is 13.9. The highest BCUT2D eigenvalue weighted by molar-refractivity contribution is 5.76. The number of allylic oxidation sites excluding steroid dienone is 2. The zero-order chi connectivity index (χ0) is 25.7. The summed E-state index contributed by atoms with van der Waals surface area (Å²) in [4.78, 5) is 25.7. The Labute approximate surface area is 213 Å². The van der Waals surface area contributed by atoms with E-state index in [1.807, 2.05) is 27.7 Å². The Balaban J connectivity index is 1.47. The first-order valence-electron chi connectivity index (χ1n) is 14.1. The molecule has 6 nitrogen and oxygen atoms in total. The van der Waals surface area contributed by atoms with Crippen LogP contribution in [0.5, 0.6) is 0 Å². The van der Waals surface area contributed by atoms with Gasteiger partial charge in [-0.3, -0.25) is 9.59 Å². The molecule has 2 aliphatic heterocycles. The number of esters is 2. The Hall–Kier alpha value is -1.66. The van der Waals surface area contributed by atoms with Crippen molar-refractivity contribution in [2.45, 2.75) is 90.6 Å². The molecule has 196 valence electrons. The molecule has 0 aromatic rings. The van der Waals surface area contributed by atoms with E-state index >= 15 is 0 Å². The summed E-state index contributed by atoms with van der Waals surface area (Å²) >= 11 is 0. The van der Waals surface area contributed by atoms with Gasteiger partial charge in [0.05, 0.1) is 23.0 Å². The summed E-state index contributed by atoms with van der Waals surface area (Å²) in [6.45, 7) is 12.2. The number of fused-ring (bicyclic) bond motifs is 7. The number of hydrogen-bond donors (Lipinski definition) is 2. The first kappa shape index (κ1) is 23.5. The lowest BCUT2D eigenvalue weighted by Gasteiger charge is -2.47. The summed E-state index contributed by atoms with van der Waals surface area (Å²) in [5, 5.41) is 24.1. The van der Waals surface area contributed by atoms with Crippen LogP contribution in [0.3, 0.4) is 0 Å². The van der Waals surface area contributed by atoms with Crippen LogP contribution in [0, 0.1) is 58.7 Å². The number of carbonyl (C=O) groups excluding carboxylic acids is 2. The van der Waals surface area contributed by atoms with Gasteiger partial charge in [-0.25, -0.2) is 0 Å². The fraction of sp³-hybridized carbons (Fsp3) is 0.800. The van der Waals surface area contributed by atoms with Gasteiger partial charge in [0, 0.05) is 29.1 Å². The maximum absolute atomic E-state index is 13.0. The summed E-state index contributed by atoms with van der Waals surface area (Å²) in [7, 11) is 0. The Morgan fingerprint density at radius 3 is 2.22 bits per heavy atom. The van der Waals surface area contributed by atoms with Gasteiger partial charge in [0.15, 0.2) is 0 Å². The average molecular weight is 497 g/mol. The Bertz CT molecular complexity index is 1130. The molecule has 36 heavy (non-hydrogen) atoms. The van der Waals surface area contributed by atoms with Gasteiger partial charge in [-0.2, -0.15) is 0 Å². The third kappa shape index (κ3) is 2.43. The lowest BCUT2D eigenvalue weighted by Crippen LogP contribution is -2.51. The number of carbonyl (C=O) groups is 2. The topological polar surface area (TPSA) is 93.1 Å². The largest absolute Gasteiger partial charge is 0.461 e. The highest BCUT2D eigenvalue weighted by Crippen LogP contribution is 2.78. The maximum Gasteiger partial charge on any atom is 0.309 e. The van der Waals surface area contributed by atoms with E-state index in [2.05, 4.69) is 19.9 Å². The quantitative estimate of drug-likeness (QED) is 0.391. The van der Waals surface area contributed by atoms with Gasteiger partial charge in [-0.15, -0.1) is 0 Å². The van der Waals surface area contributed by atoms with Gasteiger partial charge in [-0.05, 0) is 76.7 Å². The number of aliphatic hydroxyl groups is 2. The van der Waals surface area contributed by atoms with E-state index in [-0.39, 0.29) is 77.4 Å². The average Bonchev–Trinajstić information content (AvgIpc) is 3.49. The maximum atomic E-state index is 13.0. The predicted molar refractivity (Wildman–Crippen MR) is 131 cm³/mol. The molecular formula is C30H40O6. The lowest BCUT2D eigenvalue weighted by molar-refractivity contribution is -0.153. The van der Waals surface area contributed by atoms with Gasteiger partial charge in [0.25, 0.3) is 0 Å². The normalized spacial score (nSPS) is 58.8. The highest BCUT2D eigenvalue weighted by Gasteiger charge is 2.78. The van der Waals surface area contributed by atoms with Crippen molar-refractivity contribution in [3.63, 3.8) is 0 Å². The van der Waals surface area contributed by atoms with Gasteiger partial charge in [0.1, 0.15) is 12.2 Å². The molecule has 0 spiro atoms. The van der Waals surface area contributed by atoms with Crippen molar-refractivity contribution in [1.82, 2.24) is 0 Å². The minimum atomic E-state index is -0.931. The lowest BCUT2D eigenvalue weighted by atomic mass is 9.58. The van der Waals surface area contributed by atoms with Crippen LogP contribution in [0.2, 0.25) is 0 Å². The second kappa shape index (κ2) is 6.85. The smallest absolute Gasteiger partial charge is 0.309 e. The van der Waals surface area contributed by atoms with E-state index in [1.165, 1.54) is 11.1 Å². The molecule has 2 N–H and O–H groups in total. The van der Waals surface area contributed by atoms with Gasteiger partial charge >= 0.3 is 11.9 Å². The molecule has 2 bridgehead atoms. The molecule has 0 aromatic carbocycles. The molecule has 0 radical (unpaired) electrons. The van der Waals surface area contributed by atoms with E-state index < -0.39 is 16.6 Å². The van der Waals surface area contributed by atoms with Crippen LogP contribution in [0.4, 0.5) is 0 Å². The standard InChI is InChI=1S/C30H40O6/c1-12-11-18-20-21(30(12)24(18)29(6,34)10-8-17-14(3)27(32)36-25(17)30)15(4)19-22(20)28(5,33)9-7-16-13(2)26(31)35-23(16)19/h11,13-14,16-18,20-25,33-34H,7-10H2,1-6H3/t13-,14-,16-,17-,18+,20-,21-,22-,23-,24-,25-,28-,29-,30+/m0/s1. The van der Waals surface area contributed by atoms with Crippen molar-refractivity contribution in [2.75, 3.05) is 0 Å². The minimum Gasteiger partial charge on any atom is -0.461 e. The molecule has 14 atom stereocenters. The molecule has 2 heterocycles.